The van der Waals surface area contributed by atoms with E-state index in [9.17, 15) is 19.2 Å². The number of nitrogens with one attached hydrogen (secondary N) is 2. The van der Waals surface area contributed by atoms with E-state index in [-0.39, 0.29) is 31.3 Å². The van der Waals surface area contributed by atoms with E-state index < -0.39 is 24.4 Å². The van der Waals surface area contributed by atoms with E-state index in [0.29, 0.717) is 6.54 Å². The summed E-state index contributed by atoms with van der Waals surface area (Å²) in [6.45, 7) is 3.82. The lowest BCUT2D eigenvalue weighted by Crippen LogP contribution is -2.39. The molecule has 1 aromatic carbocycles. The third kappa shape index (κ3) is 5.54. The molecule has 0 radical (unpaired) electrons. The van der Waals surface area contributed by atoms with E-state index in [1.54, 1.807) is 11.8 Å². The van der Waals surface area contributed by atoms with Crippen molar-refractivity contribution in [3.05, 3.63) is 29.8 Å². The van der Waals surface area contributed by atoms with Crippen LogP contribution in [-0.2, 0) is 30.3 Å². The topological polar surface area (TPSA) is 105 Å². The third-order valence-corrected chi connectivity index (χ3v) is 4.29. The van der Waals surface area contributed by atoms with Crippen molar-refractivity contribution in [3.8, 4) is 0 Å². The van der Waals surface area contributed by atoms with Crippen LogP contribution in [0, 0.1) is 5.92 Å². The molecule has 1 atom stereocenters. The van der Waals surface area contributed by atoms with Gasteiger partial charge in [-0.2, -0.15) is 0 Å². The van der Waals surface area contributed by atoms with Gasteiger partial charge in [0.2, 0.25) is 11.8 Å². The number of ether oxygens (including phenoxy) is 1. The minimum atomic E-state index is -0.612. The van der Waals surface area contributed by atoms with E-state index >= 15 is 0 Å². The van der Waals surface area contributed by atoms with E-state index in [1.165, 1.54) is 0 Å². The Balaban J connectivity index is 1.85. The summed E-state index contributed by atoms with van der Waals surface area (Å²) in [4.78, 5) is 49.1. The lowest BCUT2D eigenvalue weighted by atomic mass is 10.1. The van der Waals surface area contributed by atoms with Crippen molar-refractivity contribution in [2.75, 3.05) is 31.1 Å². The second kappa shape index (κ2) is 9.70. The van der Waals surface area contributed by atoms with Crippen molar-refractivity contribution in [1.82, 2.24) is 10.6 Å². The number of hydrogen-bond acceptors (Lipinski definition) is 5. The molecule has 0 aliphatic carbocycles. The first-order valence-corrected chi connectivity index (χ1v) is 9.04. The van der Waals surface area contributed by atoms with Crippen molar-refractivity contribution in [2.24, 2.45) is 5.92 Å². The predicted octanol–water partition coefficient (Wildman–Crippen LogP) is 0.397. The van der Waals surface area contributed by atoms with Crippen LogP contribution in [0.25, 0.3) is 0 Å². The maximum absolute atomic E-state index is 12.3. The zero-order valence-corrected chi connectivity index (χ0v) is 15.6. The van der Waals surface area contributed by atoms with Gasteiger partial charge in [-0.15, -0.1) is 0 Å². The molecule has 146 valence electrons. The molecular formula is C19H25N3O5. The van der Waals surface area contributed by atoms with Gasteiger partial charge in [0.25, 0.3) is 5.91 Å². The Morgan fingerprint density at radius 3 is 2.59 bits per heavy atom. The molecule has 1 saturated heterocycles. The molecule has 2 rings (SSSR count). The van der Waals surface area contributed by atoms with Crippen molar-refractivity contribution < 1.29 is 23.9 Å². The third-order valence-electron chi connectivity index (χ3n) is 4.29. The quantitative estimate of drug-likeness (QED) is 0.640. The van der Waals surface area contributed by atoms with Crippen LogP contribution in [0.2, 0.25) is 0 Å². The molecule has 1 aliphatic rings. The minimum absolute atomic E-state index is 0.0530. The summed E-state index contributed by atoms with van der Waals surface area (Å²) in [5.41, 5.74) is 1.84. The number of nitrogens with zero attached hydrogens (tertiary/aromatic N) is 1. The Bertz CT molecular complexity index is 719. The number of likely N-dealkylation sites (N-methyl/N-ethyl adjacent to an activating group) is 1. The van der Waals surface area contributed by atoms with Gasteiger partial charge in [-0.3, -0.25) is 19.2 Å². The zero-order chi connectivity index (χ0) is 19.8. The van der Waals surface area contributed by atoms with Crippen molar-refractivity contribution in [2.45, 2.75) is 26.7 Å². The first-order chi connectivity index (χ1) is 13.0. The summed E-state index contributed by atoms with van der Waals surface area (Å²) < 4.78 is 5.01. The highest BCUT2D eigenvalue weighted by Crippen LogP contribution is 2.28. The van der Waals surface area contributed by atoms with Crippen molar-refractivity contribution >= 4 is 29.4 Å². The maximum atomic E-state index is 12.3. The average Bonchev–Trinajstić information content (AvgIpc) is 3.06. The molecular weight excluding hydrogens is 350 g/mol. The standard InChI is InChI=1S/C19H25N3O5/c1-3-13-7-5-6-8-15(13)22-11-14(9-18(22)25)19(26)27-12-17(24)21-10-16(23)20-4-2/h5-8,14H,3-4,9-12H2,1-2H3,(H,20,23)(H,21,24)/t14-/m1/s1. The smallest absolute Gasteiger partial charge is 0.311 e. The molecule has 1 aromatic rings. The molecule has 2 N–H and O–H groups in total. The summed E-state index contributed by atoms with van der Waals surface area (Å²) in [5.74, 6) is -2.22. The van der Waals surface area contributed by atoms with Gasteiger partial charge < -0.3 is 20.3 Å². The number of anilines is 1. The second-order valence-corrected chi connectivity index (χ2v) is 6.23. The molecule has 1 fully saturated rings. The fourth-order valence-corrected chi connectivity index (χ4v) is 2.92. The number of rotatable bonds is 8. The Kier molecular flexibility index (Phi) is 7.34. The lowest BCUT2D eigenvalue weighted by molar-refractivity contribution is -0.152. The molecule has 8 nitrogen and oxygen atoms in total. The van der Waals surface area contributed by atoms with Gasteiger partial charge >= 0.3 is 5.97 Å². The number of hydrogen-bond donors (Lipinski definition) is 2. The molecule has 1 aliphatic heterocycles. The summed E-state index contributed by atoms with van der Waals surface area (Å²) in [5, 5.41) is 4.91. The molecule has 1 heterocycles. The first kappa shape index (κ1) is 20.4. The SMILES string of the molecule is CCNC(=O)CNC(=O)COC(=O)[C@@H]1CC(=O)N(c2ccccc2CC)C1. The number of benzene rings is 1. The normalized spacial score (nSPS) is 16.1. The maximum Gasteiger partial charge on any atom is 0.311 e. The van der Waals surface area contributed by atoms with E-state index in [0.717, 1.165) is 17.7 Å². The minimum Gasteiger partial charge on any atom is -0.455 e. The molecule has 27 heavy (non-hydrogen) atoms. The number of carbonyl (C=O) groups excluding carboxylic acids is 4. The summed E-state index contributed by atoms with van der Waals surface area (Å²) in [6.07, 6.45) is 0.832. The summed E-state index contributed by atoms with van der Waals surface area (Å²) >= 11 is 0. The van der Waals surface area contributed by atoms with Crippen LogP contribution in [-0.4, -0.2) is 49.9 Å². The van der Waals surface area contributed by atoms with Gasteiger partial charge in [-0.05, 0) is 25.0 Å². The molecule has 8 heteroatoms. The van der Waals surface area contributed by atoms with Gasteiger partial charge in [-0.25, -0.2) is 0 Å². The van der Waals surface area contributed by atoms with Crippen LogP contribution >= 0.6 is 0 Å². The van der Waals surface area contributed by atoms with Gasteiger partial charge in [0.05, 0.1) is 12.5 Å². The van der Waals surface area contributed by atoms with Crippen LogP contribution in [0.1, 0.15) is 25.8 Å². The highest BCUT2D eigenvalue weighted by atomic mass is 16.5. The Hall–Kier alpha value is -2.90. The predicted molar refractivity (Wildman–Crippen MR) is 98.9 cm³/mol. The Morgan fingerprint density at radius 1 is 1.15 bits per heavy atom. The molecule has 0 bridgehead atoms. The van der Waals surface area contributed by atoms with Crippen LogP contribution in [0.4, 0.5) is 5.69 Å². The second-order valence-electron chi connectivity index (χ2n) is 6.23. The highest BCUT2D eigenvalue weighted by molar-refractivity contribution is 6.00. The largest absolute Gasteiger partial charge is 0.455 e. The van der Waals surface area contributed by atoms with E-state index in [1.807, 2.05) is 31.2 Å². The lowest BCUT2D eigenvalue weighted by Gasteiger charge is -2.19. The Labute approximate surface area is 158 Å². The fourth-order valence-electron chi connectivity index (χ4n) is 2.92. The number of amides is 3. The number of para-hydroxylation sites is 1. The van der Waals surface area contributed by atoms with E-state index in [4.69, 9.17) is 4.74 Å². The fraction of sp³-hybridized carbons (Fsp3) is 0.474. The summed E-state index contributed by atoms with van der Waals surface area (Å²) in [7, 11) is 0. The van der Waals surface area contributed by atoms with Crippen molar-refractivity contribution in [1.29, 1.82) is 0 Å². The highest BCUT2D eigenvalue weighted by Gasteiger charge is 2.36. The van der Waals surface area contributed by atoms with Crippen LogP contribution in [0.5, 0.6) is 0 Å². The first-order valence-electron chi connectivity index (χ1n) is 9.04. The number of esters is 1. The van der Waals surface area contributed by atoms with Crippen LogP contribution < -0.4 is 15.5 Å². The van der Waals surface area contributed by atoms with Crippen LogP contribution in [0.3, 0.4) is 0 Å². The van der Waals surface area contributed by atoms with Gasteiger partial charge in [0.1, 0.15) is 0 Å². The van der Waals surface area contributed by atoms with Crippen molar-refractivity contribution in [3.63, 3.8) is 0 Å². The van der Waals surface area contributed by atoms with Crippen LogP contribution in [0.15, 0.2) is 24.3 Å². The molecule has 0 spiro atoms. The number of aryl methyl sites for hydroxylation is 1. The van der Waals surface area contributed by atoms with Gasteiger partial charge in [0.15, 0.2) is 6.61 Å². The number of carbonyl (C=O) groups is 4. The molecule has 0 aromatic heterocycles. The molecule has 0 unspecified atom stereocenters. The molecule has 3 amide bonds. The van der Waals surface area contributed by atoms with Gasteiger partial charge in [-0.1, -0.05) is 25.1 Å². The van der Waals surface area contributed by atoms with E-state index in [2.05, 4.69) is 10.6 Å². The van der Waals surface area contributed by atoms with Gasteiger partial charge in [0, 0.05) is 25.2 Å². The monoisotopic (exact) mass is 375 g/mol. The molecule has 0 saturated carbocycles. The average molecular weight is 375 g/mol. The Morgan fingerprint density at radius 2 is 1.89 bits per heavy atom. The summed E-state index contributed by atoms with van der Waals surface area (Å²) in [6, 6.07) is 7.58. The zero-order valence-electron chi connectivity index (χ0n) is 15.6.